The number of ether oxygens (including phenoxy) is 1. The van der Waals surface area contributed by atoms with Crippen LogP contribution < -0.4 is 5.32 Å². The molecule has 0 spiro atoms. The van der Waals surface area contributed by atoms with E-state index < -0.39 is 18.2 Å². The molecule has 0 heterocycles. The van der Waals surface area contributed by atoms with Crippen LogP contribution in [0.5, 0.6) is 0 Å². The van der Waals surface area contributed by atoms with Gasteiger partial charge in [0.15, 0.2) is 0 Å². The Morgan fingerprint density at radius 2 is 0.873 bits per heavy atom. The van der Waals surface area contributed by atoms with Crippen LogP contribution >= 0.6 is 0 Å². The maximum atomic E-state index is 13.2. The monoisotopic (exact) mass is 884 g/mol. The summed E-state index contributed by atoms with van der Waals surface area (Å²) in [6, 6.07) is -0.712. The van der Waals surface area contributed by atoms with Crippen LogP contribution in [-0.2, 0) is 14.3 Å². The molecule has 0 aromatic heterocycles. The zero-order valence-electron chi connectivity index (χ0n) is 42.0. The third-order valence-corrected chi connectivity index (χ3v) is 12.4. The lowest BCUT2D eigenvalue weighted by Gasteiger charge is -2.24. The first-order valence-corrected chi connectivity index (χ1v) is 27.4. The topological polar surface area (TPSA) is 95.9 Å². The Hall–Kier alpha value is -2.18. The van der Waals surface area contributed by atoms with Crippen LogP contribution in [0.3, 0.4) is 0 Å². The van der Waals surface area contributed by atoms with Gasteiger partial charge in [-0.3, -0.25) is 9.59 Å². The number of unbranched alkanes of at least 4 members (excludes halogenated alkanes) is 29. The molecule has 0 saturated carbocycles. The van der Waals surface area contributed by atoms with Gasteiger partial charge in [0.25, 0.3) is 0 Å². The van der Waals surface area contributed by atoms with Crippen LogP contribution in [0.25, 0.3) is 0 Å². The Morgan fingerprint density at radius 3 is 1.35 bits per heavy atom. The number of rotatable bonds is 49. The van der Waals surface area contributed by atoms with E-state index >= 15 is 0 Å². The van der Waals surface area contributed by atoms with Gasteiger partial charge in [-0.05, 0) is 77.0 Å². The third kappa shape index (κ3) is 46.2. The van der Waals surface area contributed by atoms with Crippen molar-refractivity contribution in [3.63, 3.8) is 0 Å². The molecule has 0 rings (SSSR count). The van der Waals surface area contributed by atoms with Crippen molar-refractivity contribution in [2.45, 2.75) is 296 Å². The number of hydrogen-bond acceptors (Lipinski definition) is 5. The molecule has 0 saturated heterocycles. The van der Waals surface area contributed by atoms with Crippen molar-refractivity contribution in [2.75, 3.05) is 6.61 Å². The minimum atomic E-state index is -0.796. The van der Waals surface area contributed by atoms with Gasteiger partial charge in [0.05, 0.1) is 25.2 Å². The minimum Gasteiger partial charge on any atom is -0.462 e. The highest BCUT2D eigenvalue weighted by atomic mass is 16.5. The molecule has 3 unspecified atom stereocenters. The Morgan fingerprint density at radius 1 is 0.476 bits per heavy atom. The molecule has 0 aliphatic carbocycles. The van der Waals surface area contributed by atoms with Crippen molar-refractivity contribution >= 4 is 11.9 Å². The average Bonchev–Trinajstić information content (AvgIpc) is 3.28. The molecule has 368 valence electrons. The lowest BCUT2D eigenvalue weighted by atomic mass is 10.0. The zero-order valence-corrected chi connectivity index (χ0v) is 42.0. The molecular weight excluding hydrogens is 779 g/mol. The zero-order chi connectivity index (χ0) is 45.9. The summed E-state index contributed by atoms with van der Waals surface area (Å²) in [5, 5.41) is 23.8. The van der Waals surface area contributed by atoms with E-state index in [-0.39, 0.29) is 24.9 Å². The summed E-state index contributed by atoms with van der Waals surface area (Å²) < 4.78 is 5.92. The van der Waals surface area contributed by atoms with Crippen molar-refractivity contribution < 1.29 is 24.5 Å². The molecular formula is C57H105NO5. The van der Waals surface area contributed by atoms with Gasteiger partial charge in [-0.25, -0.2) is 0 Å². The Bertz CT molecular complexity index is 1080. The highest BCUT2D eigenvalue weighted by Crippen LogP contribution is 2.18. The fourth-order valence-corrected chi connectivity index (χ4v) is 8.27. The largest absolute Gasteiger partial charge is 0.462 e. The molecule has 0 radical (unpaired) electrons. The van der Waals surface area contributed by atoms with E-state index in [0.29, 0.717) is 19.3 Å². The maximum absolute atomic E-state index is 13.2. The number of carbonyl (C=O) groups excluding carboxylic acids is 2. The summed E-state index contributed by atoms with van der Waals surface area (Å²) in [4.78, 5) is 26.2. The van der Waals surface area contributed by atoms with Gasteiger partial charge in [-0.1, -0.05) is 236 Å². The number of carbonyl (C=O) groups is 2. The number of amides is 1. The lowest BCUT2D eigenvalue weighted by molar-refractivity contribution is -0.151. The number of aliphatic hydroxyl groups is 2. The highest BCUT2D eigenvalue weighted by Gasteiger charge is 2.24. The van der Waals surface area contributed by atoms with E-state index in [1.54, 1.807) is 0 Å². The molecule has 63 heavy (non-hydrogen) atoms. The molecule has 3 N–H and O–H groups in total. The summed E-state index contributed by atoms with van der Waals surface area (Å²) in [6.07, 6.45) is 61.8. The van der Waals surface area contributed by atoms with Gasteiger partial charge in [0.2, 0.25) is 5.91 Å². The molecule has 3 atom stereocenters. The van der Waals surface area contributed by atoms with E-state index in [2.05, 4.69) is 74.7 Å². The SMILES string of the molecule is CC/C=C/C/C=C/C/C=C/CCCCCCCCC(=O)OC(CCC/C=C\CCCCCCCCC)CC(=O)NC(CO)C(O)CCCCCCCCCCCCCCCCCC. The first kappa shape index (κ1) is 60.8. The van der Waals surface area contributed by atoms with Crippen LogP contribution in [-0.4, -0.2) is 46.9 Å². The Balaban J connectivity index is 4.54. The quantitative estimate of drug-likeness (QED) is 0.0321. The second-order valence-electron chi connectivity index (χ2n) is 18.6. The van der Waals surface area contributed by atoms with Crippen molar-refractivity contribution in [1.82, 2.24) is 5.32 Å². The summed E-state index contributed by atoms with van der Waals surface area (Å²) in [5.74, 6) is -0.511. The number of esters is 1. The normalized spacial score (nSPS) is 13.5. The number of hydrogen-bond donors (Lipinski definition) is 3. The van der Waals surface area contributed by atoms with Crippen LogP contribution in [0.2, 0.25) is 0 Å². The Labute approximate surface area is 391 Å². The van der Waals surface area contributed by atoms with Crippen molar-refractivity contribution in [1.29, 1.82) is 0 Å². The van der Waals surface area contributed by atoms with E-state index in [4.69, 9.17) is 4.74 Å². The fourth-order valence-electron chi connectivity index (χ4n) is 8.27. The average molecular weight is 884 g/mol. The van der Waals surface area contributed by atoms with Gasteiger partial charge < -0.3 is 20.3 Å². The molecule has 0 fully saturated rings. The van der Waals surface area contributed by atoms with E-state index in [9.17, 15) is 19.8 Å². The maximum Gasteiger partial charge on any atom is 0.306 e. The lowest BCUT2D eigenvalue weighted by Crippen LogP contribution is -2.46. The van der Waals surface area contributed by atoms with Gasteiger partial charge in [0, 0.05) is 6.42 Å². The van der Waals surface area contributed by atoms with E-state index in [1.165, 1.54) is 148 Å². The summed E-state index contributed by atoms with van der Waals surface area (Å²) in [5.41, 5.74) is 0. The molecule has 1 amide bonds. The molecule has 6 heteroatoms. The van der Waals surface area contributed by atoms with E-state index in [1.807, 2.05) is 0 Å². The minimum absolute atomic E-state index is 0.0524. The van der Waals surface area contributed by atoms with Gasteiger partial charge in [-0.2, -0.15) is 0 Å². The van der Waals surface area contributed by atoms with Gasteiger partial charge >= 0.3 is 5.97 Å². The third-order valence-electron chi connectivity index (χ3n) is 12.4. The van der Waals surface area contributed by atoms with Crippen LogP contribution in [0.1, 0.15) is 278 Å². The number of aliphatic hydroxyl groups excluding tert-OH is 2. The molecule has 0 aliphatic heterocycles. The Kier molecular flexibility index (Phi) is 49.1. The smallest absolute Gasteiger partial charge is 0.306 e. The summed E-state index contributed by atoms with van der Waals surface area (Å²) >= 11 is 0. The number of allylic oxidation sites excluding steroid dienone is 8. The van der Waals surface area contributed by atoms with Crippen molar-refractivity contribution in [2.24, 2.45) is 0 Å². The molecule has 0 aromatic rings. The van der Waals surface area contributed by atoms with Crippen LogP contribution in [0.4, 0.5) is 0 Å². The second kappa shape index (κ2) is 50.8. The standard InChI is InChI=1S/C57H105NO5/c1-4-7-10-13-16-19-22-25-27-29-31-34-37-40-43-46-49-55(60)54(52-59)58-56(61)51-53(48-45-42-39-36-33-24-21-18-15-12-9-6-3)63-57(62)50-47-44-41-38-35-32-30-28-26-23-20-17-14-11-8-5-2/h8,11,17,20,26,28,36,39,53-55,59-60H,4-7,9-10,12-16,18-19,21-25,27,29-35,37-38,40-52H2,1-3H3,(H,58,61)/b11-8+,20-17+,28-26+,39-36-. The number of nitrogens with one attached hydrogen (secondary N) is 1. The fraction of sp³-hybridized carbons (Fsp3) is 0.825. The molecule has 0 bridgehead atoms. The molecule has 6 nitrogen and oxygen atoms in total. The predicted molar refractivity (Wildman–Crippen MR) is 273 cm³/mol. The first-order chi connectivity index (χ1) is 31.0. The molecule has 0 aliphatic rings. The van der Waals surface area contributed by atoms with Crippen LogP contribution in [0, 0.1) is 0 Å². The molecule has 0 aromatic carbocycles. The van der Waals surface area contributed by atoms with Crippen molar-refractivity contribution in [3.8, 4) is 0 Å². The van der Waals surface area contributed by atoms with Gasteiger partial charge in [0.1, 0.15) is 6.10 Å². The van der Waals surface area contributed by atoms with Crippen LogP contribution in [0.15, 0.2) is 48.6 Å². The second-order valence-corrected chi connectivity index (χ2v) is 18.6. The summed E-state index contributed by atoms with van der Waals surface area (Å²) in [7, 11) is 0. The first-order valence-electron chi connectivity index (χ1n) is 27.4. The summed E-state index contributed by atoms with van der Waals surface area (Å²) in [6.45, 7) is 6.38. The predicted octanol–water partition coefficient (Wildman–Crippen LogP) is 16.6. The van der Waals surface area contributed by atoms with E-state index in [0.717, 1.165) is 83.5 Å². The van der Waals surface area contributed by atoms with Gasteiger partial charge in [-0.15, -0.1) is 0 Å². The van der Waals surface area contributed by atoms with Crippen molar-refractivity contribution in [3.05, 3.63) is 48.6 Å². The highest BCUT2D eigenvalue weighted by molar-refractivity contribution is 5.77.